The van der Waals surface area contributed by atoms with Crippen LogP contribution in [-0.4, -0.2) is 8.74 Å². The van der Waals surface area contributed by atoms with Crippen LogP contribution in [0.15, 0.2) is 72.8 Å². The zero-order valence-electron chi connectivity index (χ0n) is 10.2. The van der Waals surface area contributed by atoms with Crippen molar-refractivity contribution in [2.75, 3.05) is 0 Å². The first-order valence-corrected chi connectivity index (χ1v) is 7.87. The summed E-state index contributed by atoms with van der Waals surface area (Å²) in [4.78, 5) is 0. The molecule has 0 radical (unpaired) electrons. The third-order valence-electron chi connectivity index (χ3n) is 3.26. The van der Waals surface area contributed by atoms with Crippen molar-refractivity contribution in [1.82, 2.24) is 0 Å². The molecule has 0 unspecified atom stereocenters. The lowest BCUT2D eigenvalue weighted by Gasteiger charge is -2.15. The zero-order chi connectivity index (χ0) is 13.3. The van der Waals surface area contributed by atoms with E-state index in [9.17, 15) is 8.22 Å². The molecule has 0 spiro atoms. The molecule has 0 saturated carbocycles. The van der Waals surface area contributed by atoms with Crippen molar-refractivity contribution in [1.29, 1.82) is 0 Å². The van der Waals surface area contributed by atoms with E-state index in [-0.39, 0.29) is 10.4 Å². The molecule has 0 aromatic heterocycles. The Morgan fingerprint density at radius 1 is 0.632 bits per heavy atom. The molecule has 0 N–H and O–H groups in total. The first kappa shape index (κ1) is 12.1. The van der Waals surface area contributed by atoms with Gasteiger partial charge in [-0.3, -0.25) is 8.22 Å². The van der Waals surface area contributed by atoms with Crippen LogP contribution in [-0.2, 0) is 0 Å². The highest BCUT2D eigenvalue weighted by atomic mass is 28.4. The van der Waals surface area contributed by atoms with Crippen molar-refractivity contribution in [3.63, 3.8) is 0 Å². The Balaban J connectivity index is 2.24. The summed E-state index contributed by atoms with van der Waals surface area (Å²) in [7, 11) is -4.62. The van der Waals surface area contributed by atoms with E-state index in [2.05, 4.69) is 0 Å². The van der Waals surface area contributed by atoms with Crippen molar-refractivity contribution in [3.05, 3.63) is 72.8 Å². The number of fused-ring (bicyclic) bond motifs is 1. The predicted octanol–water partition coefficient (Wildman–Crippen LogP) is 3.34. The molecule has 19 heavy (non-hydrogen) atoms. The first-order valence-electron chi connectivity index (χ1n) is 6.11. The number of rotatable bonds is 2. The highest BCUT2D eigenvalue weighted by Gasteiger charge is 2.41. The highest BCUT2D eigenvalue weighted by Crippen LogP contribution is 2.17. The van der Waals surface area contributed by atoms with Gasteiger partial charge in [-0.2, -0.15) is 0 Å². The zero-order valence-corrected chi connectivity index (χ0v) is 11.2. The summed E-state index contributed by atoms with van der Waals surface area (Å²) in [6.07, 6.45) is 0. The van der Waals surface area contributed by atoms with Crippen molar-refractivity contribution in [3.8, 4) is 0 Å². The molecule has 3 rings (SSSR count). The first-order chi connectivity index (χ1) is 9.19. The predicted molar refractivity (Wildman–Crippen MR) is 77.6 cm³/mol. The van der Waals surface area contributed by atoms with Gasteiger partial charge in [-0.15, -0.1) is 0 Å². The fourth-order valence-electron chi connectivity index (χ4n) is 2.30. The number of hydrogen-bond acceptors (Lipinski definition) is 0. The van der Waals surface area contributed by atoms with E-state index in [4.69, 9.17) is 0 Å². The molecule has 3 aromatic carbocycles. The average molecular weight is 270 g/mol. The van der Waals surface area contributed by atoms with Gasteiger partial charge in [-0.1, -0.05) is 72.8 Å². The van der Waals surface area contributed by atoms with Gasteiger partial charge in [0.25, 0.3) is 0 Å². The second kappa shape index (κ2) is 4.59. The van der Waals surface area contributed by atoms with Crippen LogP contribution in [0.3, 0.4) is 0 Å². The smallest absolute Gasteiger partial charge is 0.259 e. The van der Waals surface area contributed by atoms with Crippen molar-refractivity contribution < 1.29 is 8.22 Å². The second-order valence-corrected chi connectivity index (χ2v) is 6.73. The monoisotopic (exact) mass is 270 g/mol. The molecule has 0 aliphatic rings. The Hall–Kier alpha value is -2.00. The average Bonchev–Trinajstić information content (AvgIpc) is 2.47. The van der Waals surface area contributed by atoms with Crippen LogP contribution in [0.2, 0.25) is 0 Å². The van der Waals surface area contributed by atoms with Gasteiger partial charge in [-0.25, -0.2) is 0 Å². The summed E-state index contributed by atoms with van der Waals surface area (Å²) in [6.45, 7) is 0. The Labute approximate surface area is 111 Å². The number of hydrogen-bond donors (Lipinski definition) is 0. The van der Waals surface area contributed by atoms with E-state index < -0.39 is 8.74 Å². The van der Waals surface area contributed by atoms with Crippen LogP contribution in [0.25, 0.3) is 10.8 Å². The van der Waals surface area contributed by atoms with E-state index in [0.717, 1.165) is 5.39 Å². The molecular weight excluding hydrogens is 258 g/mol. The van der Waals surface area contributed by atoms with Crippen LogP contribution in [0.5, 0.6) is 0 Å². The van der Waals surface area contributed by atoms with Gasteiger partial charge in [0.15, 0.2) is 0 Å². The van der Waals surface area contributed by atoms with Crippen molar-refractivity contribution in [2.45, 2.75) is 0 Å². The molecule has 0 nitrogen and oxygen atoms in total. The standard InChI is InChI=1S/C16H12F2Si/c17-19(18,14-9-2-1-3-10-14)16-12-6-8-13-7-4-5-11-15(13)16/h1-12H. The third kappa shape index (κ3) is 2.06. The largest absolute Gasteiger partial charge is 0.488 e. The molecule has 0 bridgehead atoms. The van der Waals surface area contributed by atoms with E-state index in [1.807, 2.05) is 18.2 Å². The van der Waals surface area contributed by atoms with Crippen molar-refractivity contribution >= 4 is 29.9 Å². The van der Waals surface area contributed by atoms with Crippen LogP contribution < -0.4 is 10.4 Å². The summed E-state index contributed by atoms with van der Waals surface area (Å²) >= 11 is 0. The summed E-state index contributed by atoms with van der Waals surface area (Å²) in [5.41, 5.74) is 0. The van der Waals surface area contributed by atoms with Gasteiger partial charge in [0, 0.05) is 10.4 Å². The second-order valence-electron chi connectivity index (χ2n) is 4.47. The Morgan fingerprint density at radius 3 is 2.05 bits per heavy atom. The summed E-state index contributed by atoms with van der Waals surface area (Å²) in [5, 5.41) is 1.87. The lowest BCUT2D eigenvalue weighted by Crippen LogP contribution is -2.51. The van der Waals surface area contributed by atoms with Gasteiger partial charge in [0.1, 0.15) is 0 Å². The number of halogens is 2. The van der Waals surface area contributed by atoms with Gasteiger partial charge < -0.3 is 0 Å². The quantitative estimate of drug-likeness (QED) is 0.495. The maximum Gasteiger partial charge on any atom is 0.488 e. The van der Waals surface area contributed by atoms with Gasteiger partial charge in [0.05, 0.1) is 0 Å². The fraction of sp³-hybridized carbons (Fsp3) is 0. The molecule has 0 aliphatic carbocycles. The molecule has 0 saturated heterocycles. The van der Waals surface area contributed by atoms with Crippen molar-refractivity contribution in [2.24, 2.45) is 0 Å². The Kier molecular flexibility index (Phi) is 2.91. The van der Waals surface area contributed by atoms with Crippen LogP contribution in [0.4, 0.5) is 8.22 Å². The van der Waals surface area contributed by atoms with Gasteiger partial charge in [0.2, 0.25) is 0 Å². The topological polar surface area (TPSA) is 0 Å². The van der Waals surface area contributed by atoms with E-state index in [1.165, 1.54) is 12.1 Å². The normalized spacial score (nSPS) is 11.7. The molecule has 0 aliphatic heterocycles. The fourth-order valence-corrected chi connectivity index (χ4v) is 4.10. The van der Waals surface area contributed by atoms with E-state index >= 15 is 0 Å². The minimum absolute atomic E-state index is 0.159. The summed E-state index contributed by atoms with van der Waals surface area (Å²) in [5.74, 6) is 0. The molecule has 0 atom stereocenters. The molecule has 0 fully saturated rings. The lowest BCUT2D eigenvalue weighted by atomic mass is 10.1. The van der Waals surface area contributed by atoms with Crippen LogP contribution >= 0.6 is 0 Å². The summed E-state index contributed by atoms with van der Waals surface area (Å²) in [6, 6.07) is 20.6. The minimum Gasteiger partial charge on any atom is -0.259 e. The highest BCUT2D eigenvalue weighted by molar-refractivity contribution is 6.93. The molecule has 0 amide bonds. The molecular formula is C16H12F2Si. The third-order valence-corrected chi connectivity index (χ3v) is 5.44. The van der Waals surface area contributed by atoms with Gasteiger partial charge >= 0.3 is 8.74 Å². The van der Waals surface area contributed by atoms with E-state index in [0.29, 0.717) is 5.39 Å². The molecule has 3 heteroatoms. The molecule has 3 aromatic rings. The maximum absolute atomic E-state index is 14.8. The molecule has 0 heterocycles. The Morgan fingerprint density at radius 2 is 1.26 bits per heavy atom. The van der Waals surface area contributed by atoms with Crippen LogP contribution in [0.1, 0.15) is 0 Å². The van der Waals surface area contributed by atoms with Gasteiger partial charge in [-0.05, 0) is 10.8 Å². The number of benzene rings is 3. The van der Waals surface area contributed by atoms with Crippen LogP contribution in [0, 0.1) is 0 Å². The Bertz CT molecular complexity index is 703. The maximum atomic E-state index is 14.8. The minimum atomic E-state index is -4.62. The van der Waals surface area contributed by atoms with E-state index in [1.54, 1.807) is 42.5 Å². The molecule has 94 valence electrons. The summed E-state index contributed by atoms with van der Waals surface area (Å²) < 4.78 is 29.5. The SMILES string of the molecule is F[Si](F)(c1ccccc1)c1cccc2ccccc12. The lowest BCUT2D eigenvalue weighted by molar-refractivity contribution is 0.655.